The molecule has 1 fully saturated rings. The summed E-state index contributed by atoms with van der Waals surface area (Å²) in [5.74, 6) is 0.410. The minimum atomic E-state index is -1.09. The van der Waals surface area contributed by atoms with E-state index >= 15 is 0 Å². The lowest BCUT2D eigenvalue weighted by Crippen LogP contribution is -2.48. The van der Waals surface area contributed by atoms with E-state index < -0.39 is 12.1 Å². The van der Waals surface area contributed by atoms with E-state index in [4.69, 9.17) is 33.7 Å². The van der Waals surface area contributed by atoms with E-state index in [1.807, 2.05) is 25.1 Å². The van der Waals surface area contributed by atoms with E-state index in [0.717, 1.165) is 31.5 Å². The van der Waals surface area contributed by atoms with E-state index in [0.29, 0.717) is 39.5 Å². The van der Waals surface area contributed by atoms with Gasteiger partial charge in [0, 0.05) is 23.7 Å². The SMILES string of the molecule is COc1cc(N)c(Cl)cc1C(=O)NCC1CCN(C(C)C(NC(=O)O)c2ccccc2Cl)CC1. The number of nitrogens with two attached hydrogens (primary N) is 1. The van der Waals surface area contributed by atoms with Crippen LogP contribution in [0.2, 0.25) is 10.0 Å². The lowest BCUT2D eigenvalue weighted by atomic mass is 9.92. The number of anilines is 1. The molecule has 0 aromatic heterocycles. The highest BCUT2D eigenvalue weighted by Crippen LogP contribution is 2.31. The molecule has 1 aliphatic rings. The van der Waals surface area contributed by atoms with Gasteiger partial charge >= 0.3 is 6.09 Å². The highest BCUT2D eigenvalue weighted by atomic mass is 35.5. The van der Waals surface area contributed by atoms with Crippen molar-refractivity contribution in [3.63, 3.8) is 0 Å². The van der Waals surface area contributed by atoms with E-state index in [-0.39, 0.29) is 11.9 Å². The van der Waals surface area contributed by atoms with Gasteiger partial charge in [0.2, 0.25) is 0 Å². The van der Waals surface area contributed by atoms with Crippen LogP contribution in [0.5, 0.6) is 5.75 Å². The van der Waals surface area contributed by atoms with Crippen LogP contribution in [0.3, 0.4) is 0 Å². The van der Waals surface area contributed by atoms with Gasteiger partial charge in [-0.25, -0.2) is 4.79 Å². The number of likely N-dealkylation sites (tertiary alicyclic amines) is 1. The summed E-state index contributed by atoms with van der Waals surface area (Å²) < 4.78 is 5.27. The molecule has 1 saturated heterocycles. The van der Waals surface area contributed by atoms with Crippen molar-refractivity contribution in [2.24, 2.45) is 5.92 Å². The molecular formula is C24H30Cl2N4O4. The topological polar surface area (TPSA) is 117 Å². The zero-order chi connectivity index (χ0) is 24.8. The summed E-state index contributed by atoms with van der Waals surface area (Å²) >= 11 is 12.4. The molecule has 184 valence electrons. The number of ether oxygens (including phenoxy) is 1. The van der Waals surface area contributed by atoms with Gasteiger partial charge in [0.05, 0.1) is 29.4 Å². The first-order valence-corrected chi connectivity index (χ1v) is 11.9. The van der Waals surface area contributed by atoms with Crippen LogP contribution in [0, 0.1) is 5.92 Å². The number of benzene rings is 2. The van der Waals surface area contributed by atoms with Crippen LogP contribution in [0.25, 0.3) is 0 Å². The van der Waals surface area contributed by atoms with Gasteiger partial charge < -0.3 is 26.2 Å². The molecule has 3 rings (SSSR count). The van der Waals surface area contributed by atoms with Gasteiger partial charge in [0.25, 0.3) is 5.91 Å². The third kappa shape index (κ3) is 6.25. The Morgan fingerprint density at radius 1 is 1.21 bits per heavy atom. The minimum Gasteiger partial charge on any atom is -0.496 e. The standard InChI is InChI=1S/C24H30Cl2N4O4/c1-14(22(29-24(32)33)16-5-3-4-6-18(16)25)30-9-7-15(8-10-30)13-28-23(31)17-11-19(26)20(27)12-21(17)34-2/h3-6,11-12,14-15,22,29H,7-10,13,27H2,1-2H3,(H,28,31)(H,32,33). The Bertz CT molecular complexity index is 1030. The molecule has 1 heterocycles. The number of hydrogen-bond acceptors (Lipinski definition) is 5. The van der Waals surface area contributed by atoms with Crippen LogP contribution in [0.15, 0.2) is 36.4 Å². The molecular weight excluding hydrogens is 479 g/mol. The van der Waals surface area contributed by atoms with E-state index in [1.165, 1.54) is 19.2 Å². The van der Waals surface area contributed by atoms with Crippen molar-refractivity contribution < 1.29 is 19.4 Å². The van der Waals surface area contributed by atoms with Gasteiger partial charge in [-0.05, 0) is 56.5 Å². The Morgan fingerprint density at radius 3 is 2.50 bits per heavy atom. The van der Waals surface area contributed by atoms with Crippen LogP contribution in [0.1, 0.15) is 41.7 Å². The highest BCUT2D eigenvalue weighted by Gasteiger charge is 2.31. The molecule has 34 heavy (non-hydrogen) atoms. The molecule has 2 unspecified atom stereocenters. The van der Waals surface area contributed by atoms with Gasteiger partial charge in [-0.3, -0.25) is 9.69 Å². The molecule has 2 aromatic rings. The fourth-order valence-electron chi connectivity index (χ4n) is 4.34. The van der Waals surface area contributed by atoms with Gasteiger partial charge in [-0.15, -0.1) is 0 Å². The second kappa shape index (κ2) is 11.6. The van der Waals surface area contributed by atoms with Crippen molar-refractivity contribution in [2.45, 2.75) is 31.8 Å². The van der Waals surface area contributed by atoms with Crippen LogP contribution >= 0.6 is 23.2 Å². The summed E-state index contributed by atoms with van der Waals surface area (Å²) in [6.07, 6.45) is 0.645. The van der Waals surface area contributed by atoms with E-state index in [2.05, 4.69) is 15.5 Å². The van der Waals surface area contributed by atoms with Gasteiger partial charge in [0.15, 0.2) is 0 Å². The molecule has 10 heteroatoms. The zero-order valence-corrected chi connectivity index (χ0v) is 20.7. The predicted molar refractivity (Wildman–Crippen MR) is 134 cm³/mol. The number of carbonyl (C=O) groups is 2. The lowest BCUT2D eigenvalue weighted by molar-refractivity contribution is 0.0909. The summed E-state index contributed by atoms with van der Waals surface area (Å²) in [4.78, 5) is 26.4. The monoisotopic (exact) mass is 508 g/mol. The number of carboxylic acid groups (broad SMARTS) is 1. The quantitative estimate of drug-likeness (QED) is 0.392. The number of methoxy groups -OCH3 is 1. The summed E-state index contributed by atoms with van der Waals surface area (Å²) in [6.45, 7) is 4.08. The van der Waals surface area contributed by atoms with Gasteiger partial charge in [-0.1, -0.05) is 41.4 Å². The molecule has 0 saturated carbocycles. The number of halogens is 2. The molecule has 0 aliphatic carbocycles. The number of nitrogens with zero attached hydrogens (tertiary/aromatic N) is 1. The lowest BCUT2D eigenvalue weighted by Gasteiger charge is -2.39. The zero-order valence-electron chi connectivity index (χ0n) is 19.2. The Kier molecular flexibility index (Phi) is 8.88. The molecule has 0 radical (unpaired) electrons. The molecule has 2 amide bonds. The van der Waals surface area contributed by atoms with Gasteiger partial charge in [0.1, 0.15) is 5.75 Å². The maximum absolute atomic E-state index is 12.7. The third-order valence-electron chi connectivity index (χ3n) is 6.34. The van der Waals surface area contributed by atoms with E-state index in [9.17, 15) is 14.7 Å². The fraction of sp³-hybridized carbons (Fsp3) is 0.417. The fourth-order valence-corrected chi connectivity index (χ4v) is 4.76. The Hall–Kier alpha value is -2.68. The Balaban J connectivity index is 1.58. The van der Waals surface area contributed by atoms with Crippen molar-refractivity contribution >= 4 is 40.9 Å². The van der Waals surface area contributed by atoms with Crippen molar-refractivity contribution in [3.8, 4) is 5.75 Å². The average molecular weight is 509 g/mol. The minimum absolute atomic E-state index is 0.0901. The maximum atomic E-state index is 12.7. The molecule has 5 N–H and O–H groups in total. The van der Waals surface area contributed by atoms with Crippen molar-refractivity contribution in [1.82, 2.24) is 15.5 Å². The number of amides is 2. The summed E-state index contributed by atoms with van der Waals surface area (Å²) in [5.41, 5.74) is 7.24. The number of carbonyl (C=O) groups excluding carboxylic acids is 1. The van der Waals surface area contributed by atoms with Crippen molar-refractivity contribution in [1.29, 1.82) is 0 Å². The molecule has 0 bridgehead atoms. The van der Waals surface area contributed by atoms with Gasteiger partial charge in [-0.2, -0.15) is 0 Å². The van der Waals surface area contributed by atoms with E-state index in [1.54, 1.807) is 6.07 Å². The largest absolute Gasteiger partial charge is 0.496 e. The number of nitrogen functional groups attached to an aromatic ring is 1. The van der Waals surface area contributed by atoms with Crippen molar-refractivity contribution in [3.05, 3.63) is 57.6 Å². The summed E-state index contributed by atoms with van der Waals surface area (Å²) in [5, 5.41) is 15.8. The Labute approximate surface area is 209 Å². The second-order valence-corrected chi connectivity index (χ2v) is 9.27. The second-order valence-electron chi connectivity index (χ2n) is 8.45. The average Bonchev–Trinajstić information content (AvgIpc) is 2.82. The smallest absolute Gasteiger partial charge is 0.405 e. The Morgan fingerprint density at radius 2 is 1.88 bits per heavy atom. The first kappa shape index (κ1) is 25.9. The summed E-state index contributed by atoms with van der Waals surface area (Å²) in [7, 11) is 1.48. The highest BCUT2D eigenvalue weighted by molar-refractivity contribution is 6.33. The van der Waals surface area contributed by atoms with Crippen molar-refractivity contribution in [2.75, 3.05) is 32.5 Å². The number of hydrogen-bond donors (Lipinski definition) is 4. The van der Waals surface area contributed by atoms with Crippen LogP contribution < -0.4 is 21.1 Å². The van der Waals surface area contributed by atoms with Crippen LogP contribution in [-0.2, 0) is 0 Å². The molecule has 2 aromatic carbocycles. The molecule has 8 nitrogen and oxygen atoms in total. The molecule has 1 aliphatic heterocycles. The van der Waals surface area contributed by atoms with Crippen LogP contribution in [0.4, 0.5) is 10.5 Å². The molecule has 0 spiro atoms. The third-order valence-corrected chi connectivity index (χ3v) is 7.01. The maximum Gasteiger partial charge on any atom is 0.405 e. The molecule has 2 atom stereocenters. The first-order valence-electron chi connectivity index (χ1n) is 11.1. The number of nitrogens with one attached hydrogen (secondary N) is 2. The summed E-state index contributed by atoms with van der Waals surface area (Å²) in [6, 6.07) is 9.79. The normalized spacial score (nSPS) is 16.5. The predicted octanol–water partition coefficient (Wildman–Crippen LogP) is 4.42. The number of rotatable bonds is 8. The van der Waals surface area contributed by atoms with Crippen LogP contribution in [-0.4, -0.2) is 54.8 Å². The first-order chi connectivity index (χ1) is 16.2. The number of piperidine rings is 1.